The third kappa shape index (κ3) is 5.52. The van der Waals surface area contributed by atoms with Gasteiger partial charge in [-0.2, -0.15) is 5.10 Å². The molecule has 0 aromatic heterocycles. The Labute approximate surface area is 158 Å². The lowest BCUT2D eigenvalue weighted by Gasteiger charge is -2.05. The predicted molar refractivity (Wildman–Crippen MR) is 100.0 cm³/mol. The van der Waals surface area contributed by atoms with Crippen LogP contribution in [0, 0.1) is 0 Å². The predicted octanol–water partition coefficient (Wildman–Crippen LogP) is 2.12. The molecule has 0 atom stereocenters. The van der Waals surface area contributed by atoms with Gasteiger partial charge in [-0.05, 0) is 45.8 Å². The molecule has 2 N–H and O–H groups in total. The summed E-state index contributed by atoms with van der Waals surface area (Å²) in [6.45, 7) is -0.210. The first kappa shape index (κ1) is 19.3. The highest BCUT2D eigenvalue weighted by Crippen LogP contribution is 2.15. The Kier molecular flexibility index (Phi) is 7.04. The molecule has 134 valence electrons. The van der Waals surface area contributed by atoms with E-state index in [2.05, 4.69) is 36.5 Å². The summed E-state index contributed by atoms with van der Waals surface area (Å²) in [6.07, 6.45) is 1.43. The number of hydrogen-bond donors (Lipinski definition) is 2. The lowest BCUT2D eigenvalue weighted by Crippen LogP contribution is -2.35. The summed E-state index contributed by atoms with van der Waals surface area (Å²) in [5.74, 6) is -1.26. The van der Waals surface area contributed by atoms with Crippen LogP contribution < -0.4 is 10.7 Å². The van der Waals surface area contributed by atoms with Crippen LogP contribution in [0.4, 0.5) is 0 Å². The molecule has 0 saturated heterocycles. The van der Waals surface area contributed by atoms with Crippen molar-refractivity contribution in [1.29, 1.82) is 0 Å². The average molecular weight is 418 g/mol. The number of hydrogen-bond acceptors (Lipinski definition) is 5. The second-order valence-electron chi connectivity index (χ2n) is 5.07. The maximum atomic E-state index is 12.0. The molecule has 2 rings (SSSR count). The number of benzene rings is 2. The minimum absolute atomic E-state index is 0.210. The minimum atomic E-state index is -0.465. The van der Waals surface area contributed by atoms with E-state index in [0.29, 0.717) is 21.2 Å². The molecule has 0 aliphatic heterocycles. The summed E-state index contributed by atoms with van der Waals surface area (Å²) in [4.78, 5) is 35.0. The fourth-order valence-electron chi connectivity index (χ4n) is 1.94. The van der Waals surface area contributed by atoms with Crippen molar-refractivity contribution in [3.05, 3.63) is 69.7 Å². The van der Waals surface area contributed by atoms with E-state index < -0.39 is 11.9 Å². The summed E-state index contributed by atoms with van der Waals surface area (Å²) in [7, 11) is 1.31. The highest BCUT2D eigenvalue weighted by molar-refractivity contribution is 9.10. The molecule has 0 aliphatic rings. The number of amides is 2. The van der Waals surface area contributed by atoms with Gasteiger partial charge in [0, 0.05) is 4.47 Å². The zero-order valence-corrected chi connectivity index (χ0v) is 15.4. The minimum Gasteiger partial charge on any atom is -0.465 e. The van der Waals surface area contributed by atoms with Gasteiger partial charge in [0.2, 0.25) is 0 Å². The van der Waals surface area contributed by atoms with Crippen molar-refractivity contribution in [2.45, 2.75) is 0 Å². The Morgan fingerprint density at radius 1 is 1.12 bits per heavy atom. The van der Waals surface area contributed by atoms with Gasteiger partial charge in [-0.25, -0.2) is 10.2 Å². The van der Waals surface area contributed by atoms with Gasteiger partial charge < -0.3 is 10.1 Å². The number of nitrogens with one attached hydrogen (secondary N) is 2. The molecule has 7 nitrogen and oxygen atoms in total. The van der Waals surface area contributed by atoms with E-state index in [1.807, 2.05) is 0 Å². The standard InChI is InChI=1S/C18H16BrN3O4/c1-26-18(25)13-8-6-12(7-9-13)10-21-22-16(23)11-20-17(24)14-4-2-3-5-15(14)19/h2-10H,11H2,1H3,(H,20,24)(H,22,23)/b21-10+. The number of ether oxygens (including phenoxy) is 1. The number of carbonyl (C=O) groups is 3. The number of carbonyl (C=O) groups excluding carboxylic acids is 3. The van der Waals surface area contributed by atoms with Crippen molar-refractivity contribution in [3.8, 4) is 0 Å². The largest absolute Gasteiger partial charge is 0.465 e. The fraction of sp³-hybridized carbons (Fsp3) is 0.111. The number of rotatable bonds is 6. The first-order valence-electron chi connectivity index (χ1n) is 7.54. The van der Waals surface area contributed by atoms with Gasteiger partial charge in [0.1, 0.15) is 0 Å². The van der Waals surface area contributed by atoms with Gasteiger partial charge in [-0.15, -0.1) is 0 Å². The zero-order valence-electron chi connectivity index (χ0n) is 13.9. The molecule has 8 heteroatoms. The van der Waals surface area contributed by atoms with Crippen molar-refractivity contribution >= 4 is 39.9 Å². The van der Waals surface area contributed by atoms with E-state index in [4.69, 9.17) is 0 Å². The van der Waals surface area contributed by atoms with E-state index in [0.717, 1.165) is 0 Å². The van der Waals surface area contributed by atoms with Crippen LogP contribution in [0.3, 0.4) is 0 Å². The van der Waals surface area contributed by atoms with Crippen LogP contribution in [0.5, 0.6) is 0 Å². The van der Waals surface area contributed by atoms with E-state index >= 15 is 0 Å². The highest BCUT2D eigenvalue weighted by atomic mass is 79.9. The van der Waals surface area contributed by atoms with Gasteiger partial charge in [-0.3, -0.25) is 9.59 Å². The molecule has 0 bridgehead atoms. The Morgan fingerprint density at radius 3 is 2.46 bits per heavy atom. The average Bonchev–Trinajstić information content (AvgIpc) is 2.66. The molecule has 0 heterocycles. The summed E-state index contributed by atoms with van der Waals surface area (Å²) >= 11 is 3.28. The molecule has 2 aromatic rings. The molecular formula is C18H16BrN3O4. The molecule has 0 aliphatic carbocycles. The Bertz CT molecular complexity index is 835. The van der Waals surface area contributed by atoms with Crippen LogP contribution in [0.15, 0.2) is 58.1 Å². The van der Waals surface area contributed by atoms with Gasteiger partial charge in [0.15, 0.2) is 0 Å². The Morgan fingerprint density at radius 2 is 1.81 bits per heavy atom. The highest BCUT2D eigenvalue weighted by Gasteiger charge is 2.10. The first-order chi connectivity index (χ1) is 12.5. The lowest BCUT2D eigenvalue weighted by atomic mass is 10.1. The fourth-order valence-corrected chi connectivity index (χ4v) is 2.41. The van der Waals surface area contributed by atoms with Gasteiger partial charge in [-0.1, -0.05) is 24.3 Å². The van der Waals surface area contributed by atoms with Crippen LogP contribution in [0.2, 0.25) is 0 Å². The van der Waals surface area contributed by atoms with Crippen LogP contribution in [-0.4, -0.2) is 37.7 Å². The van der Waals surface area contributed by atoms with E-state index in [1.165, 1.54) is 13.3 Å². The molecule has 26 heavy (non-hydrogen) atoms. The molecule has 0 radical (unpaired) electrons. The number of nitrogens with zero attached hydrogens (tertiary/aromatic N) is 1. The molecule has 0 fully saturated rings. The first-order valence-corrected chi connectivity index (χ1v) is 8.33. The van der Waals surface area contributed by atoms with E-state index in [-0.39, 0.29) is 12.5 Å². The summed E-state index contributed by atoms with van der Waals surface area (Å²) < 4.78 is 5.25. The zero-order chi connectivity index (χ0) is 18.9. The van der Waals surface area contributed by atoms with Crippen molar-refractivity contribution in [3.63, 3.8) is 0 Å². The number of halogens is 1. The Balaban J connectivity index is 1.81. The molecule has 2 amide bonds. The van der Waals surface area contributed by atoms with E-state index in [9.17, 15) is 14.4 Å². The molecule has 0 unspecified atom stereocenters. The second-order valence-corrected chi connectivity index (χ2v) is 5.92. The lowest BCUT2D eigenvalue weighted by molar-refractivity contribution is -0.120. The smallest absolute Gasteiger partial charge is 0.337 e. The second kappa shape index (κ2) is 9.47. The quantitative estimate of drug-likeness (QED) is 0.427. The summed E-state index contributed by atoms with van der Waals surface area (Å²) in [6, 6.07) is 13.4. The van der Waals surface area contributed by atoms with Crippen molar-refractivity contribution in [2.24, 2.45) is 5.10 Å². The maximum absolute atomic E-state index is 12.0. The van der Waals surface area contributed by atoms with Crippen molar-refractivity contribution < 1.29 is 19.1 Å². The molecule has 2 aromatic carbocycles. The normalized spacial score (nSPS) is 10.4. The summed E-state index contributed by atoms with van der Waals surface area (Å²) in [5.41, 5.74) is 3.86. The monoisotopic (exact) mass is 417 g/mol. The van der Waals surface area contributed by atoms with Crippen LogP contribution >= 0.6 is 15.9 Å². The van der Waals surface area contributed by atoms with Crippen molar-refractivity contribution in [2.75, 3.05) is 13.7 Å². The van der Waals surface area contributed by atoms with Crippen LogP contribution in [0.1, 0.15) is 26.3 Å². The third-order valence-electron chi connectivity index (χ3n) is 3.26. The SMILES string of the molecule is COC(=O)c1ccc(/C=N/NC(=O)CNC(=O)c2ccccc2Br)cc1. The third-order valence-corrected chi connectivity index (χ3v) is 3.95. The Hall–Kier alpha value is -3.00. The van der Waals surface area contributed by atoms with Gasteiger partial charge >= 0.3 is 5.97 Å². The summed E-state index contributed by atoms with van der Waals surface area (Å²) in [5, 5.41) is 6.31. The van der Waals surface area contributed by atoms with E-state index in [1.54, 1.807) is 48.5 Å². The molecule has 0 spiro atoms. The van der Waals surface area contributed by atoms with Gasteiger partial charge in [0.05, 0.1) is 31.0 Å². The van der Waals surface area contributed by atoms with Crippen LogP contribution in [0.25, 0.3) is 0 Å². The number of hydrazone groups is 1. The molecule has 0 saturated carbocycles. The van der Waals surface area contributed by atoms with Gasteiger partial charge in [0.25, 0.3) is 11.8 Å². The topological polar surface area (TPSA) is 96.9 Å². The number of esters is 1. The molecular weight excluding hydrogens is 402 g/mol. The maximum Gasteiger partial charge on any atom is 0.337 e. The van der Waals surface area contributed by atoms with Crippen LogP contribution in [-0.2, 0) is 9.53 Å². The number of methoxy groups -OCH3 is 1. The van der Waals surface area contributed by atoms with Crippen molar-refractivity contribution in [1.82, 2.24) is 10.7 Å².